The maximum atomic E-state index is 6.06. The Morgan fingerprint density at radius 2 is 1.90 bits per heavy atom. The molecular formula is C18H29BrN2. The standard InChI is InChI=1S/C18H29BrN2/c1-13(2)12-21(17-6-4-5-7-17)18-9-8-16(19)11-15(18)10-14(3)20/h8-9,11,13-14,17H,4-7,10,12,20H2,1-3H3. The summed E-state index contributed by atoms with van der Waals surface area (Å²) in [5.41, 5.74) is 8.85. The molecule has 1 aromatic carbocycles. The van der Waals surface area contributed by atoms with Crippen LogP contribution in [0.15, 0.2) is 22.7 Å². The second-order valence-electron chi connectivity index (χ2n) is 6.94. The van der Waals surface area contributed by atoms with Gasteiger partial charge in [-0.05, 0) is 55.9 Å². The van der Waals surface area contributed by atoms with Crippen LogP contribution in [0, 0.1) is 5.92 Å². The molecule has 0 spiro atoms. The first-order chi connectivity index (χ1) is 9.97. The zero-order valence-corrected chi connectivity index (χ0v) is 15.2. The van der Waals surface area contributed by atoms with Crippen molar-refractivity contribution >= 4 is 21.6 Å². The third kappa shape index (κ3) is 4.72. The quantitative estimate of drug-likeness (QED) is 0.800. The first-order valence-corrected chi connectivity index (χ1v) is 9.07. The average Bonchev–Trinajstić information content (AvgIpc) is 2.89. The summed E-state index contributed by atoms with van der Waals surface area (Å²) < 4.78 is 1.15. The number of nitrogens with two attached hydrogens (primary N) is 1. The van der Waals surface area contributed by atoms with E-state index in [0.29, 0.717) is 12.0 Å². The fraction of sp³-hybridized carbons (Fsp3) is 0.667. The highest BCUT2D eigenvalue weighted by atomic mass is 79.9. The topological polar surface area (TPSA) is 29.3 Å². The minimum absolute atomic E-state index is 0.197. The van der Waals surface area contributed by atoms with Crippen LogP contribution in [0.3, 0.4) is 0 Å². The van der Waals surface area contributed by atoms with Gasteiger partial charge in [-0.15, -0.1) is 0 Å². The van der Waals surface area contributed by atoms with Crippen LogP contribution < -0.4 is 10.6 Å². The number of halogens is 1. The Bertz CT molecular complexity index is 451. The van der Waals surface area contributed by atoms with Gasteiger partial charge in [0.1, 0.15) is 0 Å². The Morgan fingerprint density at radius 3 is 2.48 bits per heavy atom. The molecule has 21 heavy (non-hydrogen) atoms. The second-order valence-corrected chi connectivity index (χ2v) is 7.85. The molecule has 1 atom stereocenters. The van der Waals surface area contributed by atoms with Crippen molar-refractivity contribution < 1.29 is 0 Å². The minimum atomic E-state index is 0.197. The van der Waals surface area contributed by atoms with Crippen molar-refractivity contribution in [3.8, 4) is 0 Å². The van der Waals surface area contributed by atoms with Gasteiger partial charge in [0.25, 0.3) is 0 Å². The molecule has 1 aromatic rings. The summed E-state index contributed by atoms with van der Waals surface area (Å²) >= 11 is 3.61. The number of benzene rings is 1. The van der Waals surface area contributed by atoms with Gasteiger partial charge in [-0.3, -0.25) is 0 Å². The molecule has 0 bridgehead atoms. The highest BCUT2D eigenvalue weighted by molar-refractivity contribution is 9.10. The average molecular weight is 353 g/mol. The lowest BCUT2D eigenvalue weighted by atomic mass is 10.0. The molecule has 0 heterocycles. The second kappa shape index (κ2) is 7.64. The van der Waals surface area contributed by atoms with Crippen molar-refractivity contribution in [1.29, 1.82) is 0 Å². The van der Waals surface area contributed by atoms with Crippen molar-refractivity contribution in [2.75, 3.05) is 11.4 Å². The van der Waals surface area contributed by atoms with Gasteiger partial charge in [0.2, 0.25) is 0 Å². The Kier molecular flexibility index (Phi) is 6.12. The molecule has 1 fully saturated rings. The Labute approximate surface area is 138 Å². The van der Waals surface area contributed by atoms with E-state index in [1.165, 1.54) is 36.9 Å². The molecule has 2 nitrogen and oxygen atoms in total. The third-order valence-corrected chi connectivity index (χ3v) is 4.71. The van der Waals surface area contributed by atoms with E-state index in [4.69, 9.17) is 5.73 Å². The molecule has 0 aromatic heterocycles. The zero-order chi connectivity index (χ0) is 15.4. The van der Waals surface area contributed by atoms with Crippen LogP contribution in [0.2, 0.25) is 0 Å². The smallest absolute Gasteiger partial charge is 0.0402 e. The molecule has 0 amide bonds. The molecule has 1 unspecified atom stereocenters. The predicted octanol–water partition coefficient (Wildman–Crippen LogP) is 4.74. The highest BCUT2D eigenvalue weighted by Gasteiger charge is 2.25. The van der Waals surface area contributed by atoms with Gasteiger partial charge in [0.05, 0.1) is 0 Å². The van der Waals surface area contributed by atoms with Gasteiger partial charge in [0.15, 0.2) is 0 Å². The van der Waals surface area contributed by atoms with E-state index in [-0.39, 0.29) is 6.04 Å². The van der Waals surface area contributed by atoms with Crippen LogP contribution in [0.4, 0.5) is 5.69 Å². The number of hydrogen-bond acceptors (Lipinski definition) is 2. The van der Waals surface area contributed by atoms with E-state index in [0.717, 1.165) is 17.4 Å². The third-order valence-electron chi connectivity index (χ3n) is 4.22. The lowest BCUT2D eigenvalue weighted by Gasteiger charge is -2.35. The van der Waals surface area contributed by atoms with E-state index in [1.807, 2.05) is 0 Å². The van der Waals surface area contributed by atoms with E-state index in [1.54, 1.807) is 0 Å². The summed E-state index contributed by atoms with van der Waals surface area (Å²) in [5.74, 6) is 0.678. The fourth-order valence-electron chi connectivity index (χ4n) is 3.40. The maximum absolute atomic E-state index is 6.06. The highest BCUT2D eigenvalue weighted by Crippen LogP contribution is 2.33. The first kappa shape index (κ1) is 16.8. The lowest BCUT2D eigenvalue weighted by molar-refractivity contribution is 0.533. The number of rotatable bonds is 6. The largest absolute Gasteiger partial charge is 0.368 e. The molecule has 1 saturated carbocycles. The Morgan fingerprint density at radius 1 is 1.24 bits per heavy atom. The van der Waals surface area contributed by atoms with Crippen LogP contribution >= 0.6 is 15.9 Å². The van der Waals surface area contributed by atoms with Crippen LogP contribution in [-0.2, 0) is 6.42 Å². The Hall–Kier alpha value is -0.540. The molecule has 1 aliphatic carbocycles. The number of hydrogen-bond donors (Lipinski definition) is 1. The van der Waals surface area contributed by atoms with Crippen molar-refractivity contribution in [3.05, 3.63) is 28.2 Å². The van der Waals surface area contributed by atoms with Crippen LogP contribution in [0.25, 0.3) is 0 Å². The molecule has 2 N–H and O–H groups in total. The van der Waals surface area contributed by atoms with Gasteiger partial charge in [-0.2, -0.15) is 0 Å². The van der Waals surface area contributed by atoms with Gasteiger partial charge in [-0.25, -0.2) is 0 Å². The Balaban J connectivity index is 2.33. The van der Waals surface area contributed by atoms with Gasteiger partial charge >= 0.3 is 0 Å². The molecule has 118 valence electrons. The summed E-state index contributed by atoms with van der Waals surface area (Å²) in [6.07, 6.45) is 6.35. The van der Waals surface area contributed by atoms with E-state index in [9.17, 15) is 0 Å². The minimum Gasteiger partial charge on any atom is -0.368 e. The molecule has 2 rings (SSSR count). The summed E-state index contributed by atoms with van der Waals surface area (Å²) in [4.78, 5) is 2.65. The van der Waals surface area contributed by atoms with Gasteiger partial charge < -0.3 is 10.6 Å². The number of anilines is 1. The summed E-state index contributed by atoms with van der Waals surface area (Å²) in [6.45, 7) is 7.85. The van der Waals surface area contributed by atoms with Crippen LogP contribution in [0.5, 0.6) is 0 Å². The summed E-state index contributed by atoms with van der Waals surface area (Å²) in [5, 5.41) is 0. The van der Waals surface area contributed by atoms with Crippen molar-refractivity contribution in [2.24, 2.45) is 11.7 Å². The van der Waals surface area contributed by atoms with Crippen molar-refractivity contribution in [2.45, 2.75) is 65.0 Å². The molecule has 0 aliphatic heterocycles. The zero-order valence-electron chi connectivity index (χ0n) is 13.6. The predicted molar refractivity (Wildman–Crippen MR) is 95.9 cm³/mol. The summed E-state index contributed by atoms with van der Waals surface area (Å²) in [7, 11) is 0. The van der Waals surface area contributed by atoms with E-state index in [2.05, 4.69) is 59.8 Å². The SMILES string of the molecule is CC(C)CN(c1ccc(Br)cc1CC(C)N)C1CCCC1. The van der Waals surface area contributed by atoms with Gasteiger partial charge in [-0.1, -0.05) is 42.6 Å². The van der Waals surface area contributed by atoms with Gasteiger partial charge in [0, 0.05) is 28.8 Å². The normalized spacial score (nSPS) is 17.4. The maximum Gasteiger partial charge on any atom is 0.0402 e. The molecule has 1 aliphatic rings. The lowest BCUT2D eigenvalue weighted by Crippen LogP contribution is -2.37. The molecule has 0 saturated heterocycles. The van der Waals surface area contributed by atoms with Crippen LogP contribution in [-0.4, -0.2) is 18.6 Å². The molecule has 3 heteroatoms. The molecule has 0 radical (unpaired) electrons. The fourth-order valence-corrected chi connectivity index (χ4v) is 3.81. The van der Waals surface area contributed by atoms with E-state index < -0.39 is 0 Å². The van der Waals surface area contributed by atoms with Crippen molar-refractivity contribution in [3.63, 3.8) is 0 Å². The first-order valence-electron chi connectivity index (χ1n) is 8.28. The molecular weight excluding hydrogens is 324 g/mol. The van der Waals surface area contributed by atoms with Crippen molar-refractivity contribution in [1.82, 2.24) is 0 Å². The monoisotopic (exact) mass is 352 g/mol. The van der Waals surface area contributed by atoms with Crippen LogP contribution in [0.1, 0.15) is 52.0 Å². The van der Waals surface area contributed by atoms with E-state index >= 15 is 0 Å². The number of nitrogens with zero attached hydrogens (tertiary/aromatic N) is 1. The summed E-state index contributed by atoms with van der Waals surface area (Å²) in [6, 6.07) is 7.61.